The van der Waals surface area contributed by atoms with E-state index >= 15 is 0 Å². The summed E-state index contributed by atoms with van der Waals surface area (Å²) in [5, 5.41) is 8.97. The van der Waals surface area contributed by atoms with Crippen LogP contribution in [0.3, 0.4) is 0 Å². The van der Waals surface area contributed by atoms with Crippen LogP contribution in [0.2, 0.25) is 0 Å². The molecule has 78 valence electrons. The summed E-state index contributed by atoms with van der Waals surface area (Å²) in [4.78, 5) is 0. The summed E-state index contributed by atoms with van der Waals surface area (Å²) in [7, 11) is -3.11. The maximum absolute atomic E-state index is 11.2. The minimum Gasteiger partial charge on any atom is -0.396 e. The Morgan fingerprint density at radius 2 is 2.15 bits per heavy atom. The molecule has 0 radical (unpaired) electrons. The van der Waals surface area contributed by atoms with Gasteiger partial charge in [-0.1, -0.05) is 6.42 Å². The molecular formula is C8H17NO3S. The van der Waals surface area contributed by atoms with Crippen molar-refractivity contribution in [2.75, 3.05) is 12.4 Å². The lowest BCUT2D eigenvalue weighted by Gasteiger charge is -2.18. The van der Waals surface area contributed by atoms with E-state index in [1.807, 2.05) is 0 Å². The normalized spacial score (nSPS) is 29.4. The monoisotopic (exact) mass is 207 g/mol. The lowest BCUT2D eigenvalue weighted by molar-refractivity contribution is 0.213. The second-order valence-corrected chi connectivity index (χ2v) is 5.54. The third kappa shape index (κ3) is 2.93. The zero-order chi connectivity index (χ0) is 9.90. The number of rotatable bonds is 4. The average Bonchev–Trinajstić information content (AvgIpc) is 2.51. The van der Waals surface area contributed by atoms with Gasteiger partial charge in [-0.05, 0) is 25.7 Å². The standard InChI is InChI=1S/C8H17NO3S/c1-2-13(11,12)9-8-5-3-4-7(8)6-10/h7-10H,2-6H2,1H3. The van der Waals surface area contributed by atoms with Crippen molar-refractivity contribution in [3.63, 3.8) is 0 Å². The van der Waals surface area contributed by atoms with E-state index in [-0.39, 0.29) is 24.3 Å². The Kier molecular flexibility index (Phi) is 3.70. The highest BCUT2D eigenvalue weighted by Crippen LogP contribution is 2.25. The van der Waals surface area contributed by atoms with Gasteiger partial charge >= 0.3 is 0 Å². The molecule has 0 amide bonds. The molecule has 0 saturated heterocycles. The van der Waals surface area contributed by atoms with Crippen LogP contribution >= 0.6 is 0 Å². The number of hydrogen-bond donors (Lipinski definition) is 2. The molecule has 1 fully saturated rings. The lowest BCUT2D eigenvalue weighted by Crippen LogP contribution is -2.39. The minimum absolute atomic E-state index is 0.0463. The Hall–Kier alpha value is -0.130. The van der Waals surface area contributed by atoms with Gasteiger partial charge in [0, 0.05) is 12.6 Å². The fraction of sp³-hybridized carbons (Fsp3) is 1.00. The molecule has 1 aliphatic carbocycles. The molecule has 2 N–H and O–H groups in total. The zero-order valence-electron chi connectivity index (χ0n) is 7.86. The van der Waals surface area contributed by atoms with Crippen molar-refractivity contribution in [1.29, 1.82) is 0 Å². The van der Waals surface area contributed by atoms with Gasteiger partial charge in [-0.2, -0.15) is 0 Å². The maximum Gasteiger partial charge on any atom is 0.211 e. The quantitative estimate of drug-likeness (QED) is 0.686. The van der Waals surface area contributed by atoms with Crippen LogP contribution in [0.25, 0.3) is 0 Å². The third-order valence-electron chi connectivity index (χ3n) is 2.60. The van der Waals surface area contributed by atoms with Gasteiger partial charge in [-0.3, -0.25) is 0 Å². The van der Waals surface area contributed by atoms with E-state index < -0.39 is 10.0 Å². The summed E-state index contributed by atoms with van der Waals surface area (Å²) >= 11 is 0. The van der Waals surface area contributed by atoms with Crippen LogP contribution in [0.15, 0.2) is 0 Å². The number of hydrogen-bond acceptors (Lipinski definition) is 3. The van der Waals surface area contributed by atoms with Gasteiger partial charge in [-0.25, -0.2) is 13.1 Å². The van der Waals surface area contributed by atoms with Gasteiger partial charge in [-0.15, -0.1) is 0 Å². The molecule has 1 saturated carbocycles. The first kappa shape index (κ1) is 10.9. The molecular weight excluding hydrogens is 190 g/mol. The van der Waals surface area contributed by atoms with Crippen LogP contribution in [0.4, 0.5) is 0 Å². The van der Waals surface area contributed by atoms with Crippen LogP contribution < -0.4 is 4.72 Å². The third-order valence-corrected chi connectivity index (χ3v) is 4.03. The van der Waals surface area contributed by atoms with Crippen molar-refractivity contribution in [2.24, 2.45) is 5.92 Å². The molecule has 0 aromatic carbocycles. The highest BCUT2D eigenvalue weighted by Gasteiger charge is 2.29. The van der Waals surface area contributed by atoms with Gasteiger partial charge < -0.3 is 5.11 Å². The Labute approximate surface area is 79.4 Å². The van der Waals surface area contributed by atoms with Gasteiger partial charge in [0.15, 0.2) is 0 Å². The topological polar surface area (TPSA) is 66.4 Å². The van der Waals surface area contributed by atoms with Crippen LogP contribution in [-0.2, 0) is 10.0 Å². The minimum atomic E-state index is -3.11. The molecule has 0 aliphatic heterocycles. The first-order valence-electron chi connectivity index (χ1n) is 4.70. The number of sulfonamides is 1. The number of aliphatic hydroxyl groups is 1. The van der Waals surface area contributed by atoms with Gasteiger partial charge in [0.2, 0.25) is 10.0 Å². The van der Waals surface area contributed by atoms with E-state index in [1.165, 1.54) is 0 Å². The fourth-order valence-electron chi connectivity index (χ4n) is 1.72. The largest absolute Gasteiger partial charge is 0.396 e. The van der Waals surface area contributed by atoms with Crippen LogP contribution in [0.1, 0.15) is 26.2 Å². The summed E-state index contributed by atoms with van der Waals surface area (Å²) in [6, 6.07) is -0.0463. The summed E-state index contributed by atoms with van der Waals surface area (Å²) < 4.78 is 25.1. The van der Waals surface area contributed by atoms with Crippen molar-refractivity contribution in [3.05, 3.63) is 0 Å². The van der Waals surface area contributed by atoms with Crippen molar-refractivity contribution in [2.45, 2.75) is 32.2 Å². The molecule has 5 heteroatoms. The number of nitrogens with one attached hydrogen (secondary N) is 1. The molecule has 13 heavy (non-hydrogen) atoms. The molecule has 1 aliphatic rings. The van der Waals surface area contributed by atoms with Crippen molar-refractivity contribution in [3.8, 4) is 0 Å². The van der Waals surface area contributed by atoms with E-state index in [4.69, 9.17) is 5.11 Å². The second-order valence-electron chi connectivity index (χ2n) is 3.50. The lowest BCUT2D eigenvalue weighted by atomic mass is 10.1. The Balaban J connectivity index is 2.53. The first-order valence-corrected chi connectivity index (χ1v) is 6.35. The summed E-state index contributed by atoms with van der Waals surface area (Å²) in [5.74, 6) is 0.225. The smallest absolute Gasteiger partial charge is 0.211 e. The predicted octanol–water partition coefficient (Wildman–Crippen LogP) is 0.0867. The van der Waals surface area contributed by atoms with E-state index in [0.717, 1.165) is 19.3 Å². The molecule has 1 rings (SSSR count). The fourth-order valence-corrected chi connectivity index (χ4v) is 2.66. The zero-order valence-corrected chi connectivity index (χ0v) is 8.68. The predicted molar refractivity (Wildman–Crippen MR) is 50.8 cm³/mol. The summed E-state index contributed by atoms with van der Waals surface area (Å²) in [6.45, 7) is 1.70. The van der Waals surface area contributed by atoms with Crippen molar-refractivity contribution in [1.82, 2.24) is 4.72 Å². The molecule has 0 bridgehead atoms. The van der Waals surface area contributed by atoms with Crippen molar-refractivity contribution >= 4 is 10.0 Å². The van der Waals surface area contributed by atoms with E-state index in [2.05, 4.69) is 4.72 Å². The molecule has 0 aromatic rings. The first-order chi connectivity index (χ1) is 6.09. The van der Waals surface area contributed by atoms with Gasteiger partial charge in [0.25, 0.3) is 0 Å². The SMILES string of the molecule is CCS(=O)(=O)NC1CCCC1CO. The van der Waals surface area contributed by atoms with E-state index in [1.54, 1.807) is 6.92 Å². The van der Waals surface area contributed by atoms with E-state index in [9.17, 15) is 8.42 Å². The average molecular weight is 207 g/mol. The Morgan fingerprint density at radius 1 is 1.46 bits per heavy atom. The maximum atomic E-state index is 11.2. The van der Waals surface area contributed by atoms with Crippen LogP contribution in [-0.4, -0.2) is 31.9 Å². The molecule has 0 aromatic heterocycles. The number of aliphatic hydroxyl groups excluding tert-OH is 1. The summed E-state index contributed by atoms with van der Waals surface area (Å²) in [5.41, 5.74) is 0. The molecule has 2 unspecified atom stereocenters. The van der Waals surface area contributed by atoms with E-state index in [0.29, 0.717) is 0 Å². The Morgan fingerprint density at radius 3 is 2.69 bits per heavy atom. The summed E-state index contributed by atoms with van der Waals surface area (Å²) in [6.07, 6.45) is 2.78. The molecule has 2 atom stereocenters. The molecule has 0 spiro atoms. The van der Waals surface area contributed by atoms with Gasteiger partial charge in [0.1, 0.15) is 0 Å². The van der Waals surface area contributed by atoms with Crippen LogP contribution in [0.5, 0.6) is 0 Å². The molecule has 4 nitrogen and oxygen atoms in total. The highest BCUT2D eigenvalue weighted by atomic mass is 32.2. The second kappa shape index (κ2) is 4.39. The van der Waals surface area contributed by atoms with Gasteiger partial charge in [0.05, 0.1) is 5.75 Å². The van der Waals surface area contributed by atoms with Crippen LogP contribution in [0, 0.1) is 5.92 Å². The highest BCUT2D eigenvalue weighted by molar-refractivity contribution is 7.89. The molecule has 0 heterocycles. The van der Waals surface area contributed by atoms with Crippen molar-refractivity contribution < 1.29 is 13.5 Å². The Bertz CT molecular complexity index is 250.